The van der Waals surface area contributed by atoms with E-state index in [2.05, 4.69) is 26.1 Å². The van der Waals surface area contributed by atoms with Crippen LogP contribution < -0.4 is 4.90 Å². The van der Waals surface area contributed by atoms with Gasteiger partial charge in [-0.3, -0.25) is 14.5 Å². The lowest BCUT2D eigenvalue weighted by atomic mass is 9.95. The fourth-order valence-corrected chi connectivity index (χ4v) is 3.95. The molecule has 1 aliphatic rings. The number of hydrogen-bond acceptors (Lipinski definition) is 5. The summed E-state index contributed by atoms with van der Waals surface area (Å²) >= 11 is 4.81. The van der Waals surface area contributed by atoms with Crippen LogP contribution in [0.15, 0.2) is 28.7 Å². The molecule has 3 rings (SSSR count). The van der Waals surface area contributed by atoms with Crippen LogP contribution >= 0.6 is 27.3 Å². The molecule has 2 amide bonds. The minimum atomic E-state index is -0.0689. The molecule has 25 heavy (non-hydrogen) atoms. The summed E-state index contributed by atoms with van der Waals surface area (Å²) < 4.78 is 1.00. The number of hydrogen-bond donors (Lipinski definition) is 0. The van der Waals surface area contributed by atoms with E-state index in [0.717, 1.165) is 15.0 Å². The van der Waals surface area contributed by atoms with E-state index in [1.54, 1.807) is 23.8 Å². The molecular weight excluding hydrogens is 404 g/mol. The first-order chi connectivity index (χ1) is 12.0. The van der Waals surface area contributed by atoms with Crippen LogP contribution in [0.3, 0.4) is 0 Å². The van der Waals surface area contributed by atoms with Crippen molar-refractivity contribution in [3.05, 3.63) is 28.7 Å². The van der Waals surface area contributed by atoms with Gasteiger partial charge in [0.15, 0.2) is 0 Å². The molecule has 1 aromatic heterocycles. The molecule has 1 saturated heterocycles. The molecular formula is C17H19BrN4O2S. The van der Waals surface area contributed by atoms with Crippen LogP contribution in [0.4, 0.5) is 5.13 Å². The van der Waals surface area contributed by atoms with E-state index in [9.17, 15) is 9.59 Å². The van der Waals surface area contributed by atoms with Crippen molar-refractivity contribution in [3.63, 3.8) is 0 Å². The molecule has 0 spiro atoms. The molecule has 0 radical (unpaired) electrons. The van der Waals surface area contributed by atoms with Crippen LogP contribution in [-0.4, -0.2) is 47.0 Å². The van der Waals surface area contributed by atoms with Gasteiger partial charge in [0.2, 0.25) is 16.9 Å². The second-order valence-corrected chi connectivity index (χ2v) is 7.95. The average Bonchev–Trinajstić information content (AvgIpc) is 3.11. The van der Waals surface area contributed by atoms with Crippen molar-refractivity contribution in [1.29, 1.82) is 0 Å². The zero-order valence-electron chi connectivity index (χ0n) is 14.1. The first-order valence-corrected chi connectivity index (χ1v) is 9.69. The predicted molar refractivity (Wildman–Crippen MR) is 101 cm³/mol. The molecule has 2 heterocycles. The van der Waals surface area contributed by atoms with Crippen molar-refractivity contribution in [2.75, 3.05) is 25.0 Å². The normalized spacial score (nSPS) is 15.2. The third kappa shape index (κ3) is 4.07. The maximum atomic E-state index is 12.7. The lowest BCUT2D eigenvalue weighted by Gasteiger charge is -2.31. The van der Waals surface area contributed by atoms with Crippen molar-refractivity contribution in [2.45, 2.75) is 19.8 Å². The monoisotopic (exact) mass is 422 g/mol. The third-order valence-corrected chi connectivity index (χ3v) is 5.99. The van der Waals surface area contributed by atoms with Gasteiger partial charge >= 0.3 is 0 Å². The zero-order chi connectivity index (χ0) is 18.0. The van der Waals surface area contributed by atoms with Gasteiger partial charge in [0, 0.05) is 43.0 Å². The summed E-state index contributed by atoms with van der Waals surface area (Å²) in [7, 11) is 1.74. The van der Waals surface area contributed by atoms with Crippen LogP contribution in [0, 0.1) is 5.92 Å². The highest BCUT2D eigenvalue weighted by molar-refractivity contribution is 9.10. The highest BCUT2D eigenvalue weighted by Crippen LogP contribution is 2.30. The lowest BCUT2D eigenvalue weighted by Crippen LogP contribution is -2.42. The van der Waals surface area contributed by atoms with Gasteiger partial charge in [0.25, 0.3) is 0 Å². The van der Waals surface area contributed by atoms with Gasteiger partial charge in [-0.1, -0.05) is 39.4 Å². The maximum absolute atomic E-state index is 12.7. The predicted octanol–water partition coefficient (Wildman–Crippen LogP) is 3.19. The molecule has 0 N–H and O–H groups in total. The Morgan fingerprint density at radius 2 is 1.84 bits per heavy atom. The van der Waals surface area contributed by atoms with Gasteiger partial charge in [-0.2, -0.15) is 0 Å². The van der Waals surface area contributed by atoms with Crippen LogP contribution in [0.1, 0.15) is 19.8 Å². The Balaban J connectivity index is 1.67. The Kier molecular flexibility index (Phi) is 5.48. The zero-order valence-corrected chi connectivity index (χ0v) is 16.5. The molecule has 2 aromatic rings. The number of carbonyl (C=O) groups excluding carboxylic acids is 2. The van der Waals surface area contributed by atoms with E-state index in [-0.39, 0.29) is 17.7 Å². The van der Waals surface area contributed by atoms with Crippen molar-refractivity contribution in [2.24, 2.45) is 5.92 Å². The number of anilines is 1. The van der Waals surface area contributed by atoms with Gasteiger partial charge in [0.1, 0.15) is 5.01 Å². The number of aromatic nitrogens is 2. The second-order valence-electron chi connectivity index (χ2n) is 6.07. The third-order valence-electron chi connectivity index (χ3n) is 4.41. The maximum Gasteiger partial charge on any atom is 0.231 e. The Bertz CT molecular complexity index is 769. The molecule has 0 bridgehead atoms. The lowest BCUT2D eigenvalue weighted by molar-refractivity contribution is -0.133. The molecule has 132 valence electrons. The Hall–Kier alpha value is -1.80. The number of likely N-dealkylation sites (tertiary alicyclic amines) is 1. The number of nitrogens with zero attached hydrogens (tertiary/aromatic N) is 4. The first kappa shape index (κ1) is 18.0. The fourth-order valence-electron chi connectivity index (χ4n) is 2.87. The molecule has 1 aliphatic heterocycles. The molecule has 0 saturated carbocycles. The average molecular weight is 423 g/mol. The van der Waals surface area contributed by atoms with Crippen molar-refractivity contribution in [1.82, 2.24) is 15.1 Å². The standard InChI is InChI=1S/C17H19BrN4O2S/c1-11(23)22-9-7-13(8-10-22)16(24)21(2)17-20-19-15(25-17)12-3-5-14(18)6-4-12/h3-6,13H,7-10H2,1-2H3. The first-order valence-electron chi connectivity index (χ1n) is 8.08. The number of halogens is 1. The van der Waals surface area contributed by atoms with E-state index in [1.807, 2.05) is 24.3 Å². The molecule has 0 unspecified atom stereocenters. The van der Waals surface area contributed by atoms with Gasteiger partial charge in [-0.05, 0) is 25.0 Å². The highest BCUT2D eigenvalue weighted by atomic mass is 79.9. The summed E-state index contributed by atoms with van der Waals surface area (Å²) in [5, 5.41) is 9.76. The molecule has 8 heteroatoms. The van der Waals surface area contributed by atoms with Crippen LogP contribution in [-0.2, 0) is 9.59 Å². The van der Waals surface area contributed by atoms with Crippen molar-refractivity contribution < 1.29 is 9.59 Å². The Morgan fingerprint density at radius 1 is 1.20 bits per heavy atom. The smallest absolute Gasteiger partial charge is 0.231 e. The minimum Gasteiger partial charge on any atom is -0.343 e. The van der Waals surface area contributed by atoms with Crippen molar-refractivity contribution >= 4 is 44.2 Å². The number of carbonyl (C=O) groups is 2. The SMILES string of the molecule is CC(=O)N1CCC(C(=O)N(C)c2nnc(-c3ccc(Br)cc3)s2)CC1. The summed E-state index contributed by atoms with van der Waals surface area (Å²) in [6.07, 6.45) is 1.39. The van der Waals surface area contributed by atoms with E-state index >= 15 is 0 Å². The van der Waals surface area contributed by atoms with Crippen LogP contribution in [0.5, 0.6) is 0 Å². The topological polar surface area (TPSA) is 66.4 Å². The van der Waals surface area contributed by atoms with Gasteiger partial charge in [0.05, 0.1) is 0 Å². The Morgan fingerprint density at radius 3 is 2.44 bits per heavy atom. The van der Waals surface area contributed by atoms with Crippen LogP contribution in [0.2, 0.25) is 0 Å². The van der Waals surface area contributed by atoms with Gasteiger partial charge < -0.3 is 4.90 Å². The summed E-state index contributed by atoms with van der Waals surface area (Å²) in [6, 6.07) is 7.84. The van der Waals surface area contributed by atoms with E-state index in [0.29, 0.717) is 31.1 Å². The molecule has 6 nitrogen and oxygen atoms in total. The van der Waals surface area contributed by atoms with E-state index in [4.69, 9.17) is 0 Å². The minimum absolute atomic E-state index is 0.0432. The molecule has 0 aliphatic carbocycles. The summed E-state index contributed by atoms with van der Waals surface area (Å²) in [5.74, 6) is 0.0462. The highest BCUT2D eigenvalue weighted by Gasteiger charge is 2.29. The van der Waals surface area contributed by atoms with Gasteiger partial charge in [-0.25, -0.2) is 0 Å². The van der Waals surface area contributed by atoms with Crippen molar-refractivity contribution in [3.8, 4) is 10.6 Å². The Labute approximate surface area is 159 Å². The number of piperidine rings is 1. The quantitative estimate of drug-likeness (QED) is 0.761. The number of benzene rings is 1. The molecule has 1 fully saturated rings. The summed E-state index contributed by atoms with van der Waals surface area (Å²) in [5.41, 5.74) is 0.975. The molecule has 1 aromatic carbocycles. The summed E-state index contributed by atoms with van der Waals surface area (Å²) in [6.45, 7) is 2.85. The van der Waals surface area contributed by atoms with E-state index in [1.165, 1.54) is 11.3 Å². The van der Waals surface area contributed by atoms with Crippen LogP contribution in [0.25, 0.3) is 10.6 Å². The largest absolute Gasteiger partial charge is 0.343 e. The number of rotatable bonds is 3. The number of amides is 2. The van der Waals surface area contributed by atoms with E-state index < -0.39 is 0 Å². The summed E-state index contributed by atoms with van der Waals surface area (Å²) in [4.78, 5) is 27.5. The second kappa shape index (κ2) is 7.61. The fraction of sp³-hybridized carbons (Fsp3) is 0.412. The molecule has 0 atom stereocenters. The van der Waals surface area contributed by atoms with Gasteiger partial charge in [-0.15, -0.1) is 10.2 Å².